The molecule has 0 bridgehead atoms. The van der Waals surface area contributed by atoms with Gasteiger partial charge in [-0.15, -0.1) is 0 Å². The minimum Gasteiger partial charge on any atom is -0.310 e. The van der Waals surface area contributed by atoms with E-state index in [1.54, 1.807) is 0 Å². The molecule has 0 N–H and O–H groups in total. The molecule has 0 fully saturated rings. The molecule has 0 aliphatic carbocycles. The molecule has 0 radical (unpaired) electrons. The van der Waals surface area contributed by atoms with Crippen molar-refractivity contribution in [3.05, 3.63) is 206 Å². The first kappa shape index (κ1) is 31.4. The molecule has 0 amide bonds. The molecule has 4 aromatic heterocycles. The van der Waals surface area contributed by atoms with Crippen molar-refractivity contribution in [2.24, 2.45) is 0 Å². The molecule has 9 aromatic carbocycles. The summed E-state index contributed by atoms with van der Waals surface area (Å²) in [6, 6.07) is 75.1. The lowest BCUT2D eigenvalue weighted by Gasteiger charge is -2.26. The Hall–Kier alpha value is -7.82. The van der Waals surface area contributed by atoms with Gasteiger partial charge >= 0.3 is 0 Å². The van der Waals surface area contributed by atoms with Crippen molar-refractivity contribution >= 4 is 110 Å². The van der Waals surface area contributed by atoms with E-state index in [4.69, 9.17) is 0 Å². The zero-order chi connectivity index (χ0) is 37.9. The molecule has 4 heteroatoms. The summed E-state index contributed by atoms with van der Waals surface area (Å²) in [5, 5.41) is 10.1. The highest BCUT2D eigenvalue weighted by Gasteiger charge is 2.26. The number of para-hydroxylation sites is 6. The van der Waals surface area contributed by atoms with Gasteiger partial charge in [-0.25, -0.2) is 0 Å². The van der Waals surface area contributed by atoms with Crippen LogP contribution in [0.25, 0.3) is 76.2 Å². The fourth-order valence-corrected chi connectivity index (χ4v) is 10.0. The molecule has 0 aliphatic heterocycles. The highest BCUT2D eigenvalue weighted by Crippen LogP contribution is 2.49. The van der Waals surface area contributed by atoms with Crippen LogP contribution in [0, 0.1) is 0 Å². The van der Waals surface area contributed by atoms with Gasteiger partial charge in [-0.2, -0.15) is 0 Å². The van der Waals surface area contributed by atoms with Crippen molar-refractivity contribution in [3.63, 3.8) is 0 Å². The molecule has 58 heavy (non-hydrogen) atoms. The summed E-state index contributed by atoms with van der Waals surface area (Å²) in [6.45, 7) is 0. The van der Waals surface area contributed by atoms with Crippen molar-refractivity contribution in [3.8, 4) is 0 Å². The normalized spacial score (nSPS) is 12.1. The van der Waals surface area contributed by atoms with Crippen molar-refractivity contribution in [1.29, 1.82) is 0 Å². The quantitative estimate of drug-likeness (QED) is 0.169. The first-order valence-corrected chi connectivity index (χ1v) is 20.0. The van der Waals surface area contributed by atoms with Crippen LogP contribution in [0.3, 0.4) is 0 Å². The smallest absolute Gasteiger partial charge is 0.0621 e. The van der Waals surface area contributed by atoms with Gasteiger partial charge in [-0.05, 0) is 84.9 Å². The second-order valence-corrected chi connectivity index (χ2v) is 15.3. The number of nitrogens with zero attached hydrogens (tertiary/aromatic N) is 4. The van der Waals surface area contributed by atoms with E-state index in [9.17, 15) is 0 Å². The lowest BCUT2D eigenvalue weighted by molar-refractivity contribution is 1.29. The molecule has 0 saturated carbocycles. The Bertz CT molecular complexity index is 3340. The lowest BCUT2D eigenvalue weighted by atomic mass is 10.0. The minimum absolute atomic E-state index is 1.13. The summed E-state index contributed by atoms with van der Waals surface area (Å²) < 4.78 is 5.05. The molecule has 0 atom stereocenters. The van der Waals surface area contributed by atoms with Gasteiger partial charge in [0.1, 0.15) is 0 Å². The molecule has 0 spiro atoms. The number of aromatic nitrogens is 2. The first-order chi connectivity index (χ1) is 28.8. The predicted molar refractivity (Wildman–Crippen MR) is 245 cm³/mol. The van der Waals surface area contributed by atoms with Crippen molar-refractivity contribution < 1.29 is 0 Å². The van der Waals surface area contributed by atoms with Crippen molar-refractivity contribution in [2.75, 3.05) is 9.80 Å². The van der Waals surface area contributed by atoms with Gasteiger partial charge < -0.3 is 18.6 Å². The Kier molecular flexibility index (Phi) is 6.41. The molecule has 0 aliphatic rings. The van der Waals surface area contributed by atoms with E-state index in [0.717, 1.165) is 22.7 Å². The van der Waals surface area contributed by atoms with Crippen LogP contribution in [0.4, 0.5) is 34.1 Å². The van der Waals surface area contributed by atoms with Crippen LogP contribution in [-0.2, 0) is 0 Å². The van der Waals surface area contributed by atoms with Gasteiger partial charge in [0.15, 0.2) is 0 Å². The van der Waals surface area contributed by atoms with E-state index < -0.39 is 0 Å². The molecule has 0 saturated heterocycles. The molecule has 270 valence electrons. The van der Waals surface area contributed by atoms with Gasteiger partial charge in [0.25, 0.3) is 0 Å². The summed E-state index contributed by atoms with van der Waals surface area (Å²) in [7, 11) is 0. The molecule has 13 rings (SSSR count). The Morgan fingerprint density at radius 2 is 0.586 bits per heavy atom. The average Bonchev–Trinajstić information content (AvgIpc) is 4.02. The van der Waals surface area contributed by atoms with Crippen LogP contribution >= 0.6 is 0 Å². The van der Waals surface area contributed by atoms with Gasteiger partial charge in [0.2, 0.25) is 0 Å². The maximum atomic E-state index is 2.52. The average molecular weight is 739 g/mol. The van der Waals surface area contributed by atoms with E-state index in [1.807, 2.05) is 0 Å². The van der Waals surface area contributed by atoms with Gasteiger partial charge in [-0.1, -0.05) is 121 Å². The second kappa shape index (κ2) is 11.8. The number of hydrogen-bond donors (Lipinski definition) is 0. The third-order valence-corrected chi connectivity index (χ3v) is 12.3. The van der Waals surface area contributed by atoms with Crippen LogP contribution in [0.15, 0.2) is 206 Å². The number of benzene rings is 9. The Labute approximate surface area is 333 Å². The molecule has 4 nitrogen and oxygen atoms in total. The van der Waals surface area contributed by atoms with E-state index in [-0.39, 0.29) is 0 Å². The van der Waals surface area contributed by atoms with Crippen LogP contribution in [-0.4, -0.2) is 8.80 Å². The molecule has 4 heterocycles. The maximum absolute atomic E-state index is 2.52. The largest absolute Gasteiger partial charge is 0.310 e. The highest BCUT2D eigenvalue weighted by molar-refractivity contribution is 6.31. The van der Waals surface area contributed by atoms with E-state index in [2.05, 4.69) is 225 Å². The minimum atomic E-state index is 1.13. The topological polar surface area (TPSA) is 15.3 Å². The summed E-state index contributed by atoms with van der Waals surface area (Å²) in [6.07, 6.45) is 0. The van der Waals surface area contributed by atoms with E-state index >= 15 is 0 Å². The monoisotopic (exact) mass is 738 g/mol. The van der Waals surface area contributed by atoms with Crippen LogP contribution in [0.5, 0.6) is 0 Å². The van der Waals surface area contributed by atoms with Crippen molar-refractivity contribution in [2.45, 2.75) is 0 Å². The first-order valence-electron chi connectivity index (χ1n) is 20.0. The SMILES string of the molecule is c1ccc(N(c2ccccc2)c2cccc3c2c2cccc4c5cc6c(cc5n3c42)c2cccc3c4c(N(c5ccccc5)c5ccccc5)cccc4n6c23)cc1. The zero-order valence-electron chi connectivity index (χ0n) is 31.4. The molecule has 0 unspecified atom stereocenters. The van der Waals surface area contributed by atoms with Crippen LogP contribution in [0.2, 0.25) is 0 Å². The lowest BCUT2D eigenvalue weighted by Crippen LogP contribution is -2.10. The third kappa shape index (κ3) is 4.18. The number of fused-ring (bicyclic) bond motifs is 12. The number of hydrogen-bond acceptors (Lipinski definition) is 2. The fraction of sp³-hybridized carbons (Fsp3) is 0. The standard InChI is InChI=1S/C54H34N4/c1-5-17-35(18-6-1)55(36-19-7-2-8-20-36)45-29-15-31-47-51(45)41-27-13-25-39-43-34-50-44(33-49(43)57(47)53(39)41)40-26-14-28-42-52-46(30-16-32-48(52)58(50)54(40)42)56(37-21-9-3-10-22-37)38-23-11-4-12-24-38/h1-34H. The van der Waals surface area contributed by atoms with Crippen LogP contribution < -0.4 is 9.80 Å². The molecular weight excluding hydrogens is 705 g/mol. The summed E-state index contributed by atoms with van der Waals surface area (Å²) >= 11 is 0. The maximum Gasteiger partial charge on any atom is 0.0621 e. The fourth-order valence-electron chi connectivity index (χ4n) is 10.0. The van der Waals surface area contributed by atoms with Gasteiger partial charge in [0, 0.05) is 65.8 Å². The third-order valence-electron chi connectivity index (χ3n) is 12.3. The number of anilines is 6. The molecular formula is C54H34N4. The van der Waals surface area contributed by atoms with Crippen LogP contribution in [0.1, 0.15) is 0 Å². The predicted octanol–water partition coefficient (Wildman–Crippen LogP) is 14.9. The van der Waals surface area contributed by atoms with Gasteiger partial charge in [0.05, 0.1) is 44.5 Å². The highest BCUT2D eigenvalue weighted by atomic mass is 15.2. The summed E-state index contributed by atoms with van der Waals surface area (Å²) in [5.74, 6) is 0. The Morgan fingerprint density at radius 1 is 0.259 bits per heavy atom. The Balaban J connectivity index is 1.10. The van der Waals surface area contributed by atoms with E-state index in [1.165, 1.54) is 87.6 Å². The number of rotatable bonds is 6. The van der Waals surface area contributed by atoms with E-state index in [0.29, 0.717) is 0 Å². The second-order valence-electron chi connectivity index (χ2n) is 15.3. The zero-order valence-corrected chi connectivity index (χ0v) is 31.4. The summed E-state index contributed by atoms with van der Waals surface area (Å²) in [4.78, 5) is 4.79. The summed E-state index contributed by atoms with van der Waals surface area (Å²) in [5.41, 5.74) is 14.3. The molecule has 13 aromatic rings. The van der Waals surface area contributed by atoms with Crippen molar-refractivity contribution in [1.82, 2.24) is 8.80 Å². The Morgan fingerprint density at radius 3 is 0.948 bits per heavy atom. The van der Waals surface area contributed by atoms with Gasteiger partial charge in [-0.3, -0.25) is 0 Å².